The van der Waals surface area contributed by atoms with Crippen molar-refractivity contribution >= 4 is 18.5 Å². The summed E-state index contributed by atoms with van der Waals surface area (Å²) in [5, 5.41) is 19.7. The van der Waals surface area contributed by atoms with Gasteiger partial charge in [0.15, 0.2) is 0 Å². The van der Waals surface area contributed by atoms with E-state index in [9.17, 15) is 5.11 Å². The smallest absolute Gasteiger partial charge is 0.504 e. The van der Waals surface area contributed by atoms with Gasteiger partial charge >= 0.3 is 7.69 Å². The lowest BCUT2D eigenvalue weighted by Gasteiger charge is -2.03. The van der Waals surface area contributed by atoms with Crippen LogP contribution in [-0.2, 0) is 0 Å². The third-order valence-electron chi connectivity index (χ3n) is 2.03. The molecule has 0 saturated heterocycles. The zero-order valence-corrected chi connectivity index (χ0v) is 7.47. The summed E-state index contributed by atoms with van der Waals surface area (Å²) in [6.07, 6.45) is 0. The summed E-state index contributed by atoms with van der Waals surface area (Å²) in [7, 11) is -0.330. The Morgan fingerprint density at radius 2 is 1.71 bits per heavy atom. The van der Waals surface area contributed by atoms with E-state index in [0.717, 1.165) is 10.8 Å². The Balaban J connectivity index is 2.50. The molecule has 2 N–H and O–H groups in total. The highest BCUT2D eigenvalue weighted by atomic mass is 16.5. The van der Waals surface area contributed by atoms with E-state index in [1.165, 1.54) is 0 Å². The zero-order valence-electron chi connectivity index (χ0n) is 7.47. The molecular formula is C10H9BO3. The highest BCUT2D eigenvalue weighted by Crippen LogP contribution is 2.23. The van der Waals surface area contributed by atoms with E-state index in [0.29, 0.717) is 5.75 Å². The van der Waals surface area contributed by atoms with Crippen LogP contribution in [0.25, 0.3) is 10.8 Å². The molecular weight excluding hydrogens is 179 g/mol. The van der Waals surface area contributed by atoms with Crippen LogP contribution >= 0.6 is 0 Å². The number of phenolic OH excluding ortho intramolecular Hbond substituents is 1. The van der Waals surface area contributed by atoms with E-state index in [1.54, 1.807) is 24.3 Å². The van der Waals surface area contributed by atoms with Gasteiger partial charge in [-0.3, -0.25) is 0 Å². The van der Waals surface area contributed by atoms with Crippen LogP contribution in [0.1, 0.15) is 0 Å². The minimum absolute atomic E-state index is 0.244. The van der Waals surface area contributed by atoms with Crippen LogP contribution in [0.3, 0.4) is 0 Å². The van der Waals surface area contributed by atoms with Crippen LogP contribution in [0.5, 0.6) is 11.5 Å². The zero-order chi connectivity index (χ0) is 9.97. The molecule has 0 heterocycles. The molecule has 0 amide bonds. The fourth-order valence-electron chi connectivity index (χ4n) is 1.38. The number of phenols is 1. The predicted octanol–water partition coefficient (Wildman–Crippen LogP) is 1.18. The van der Waals surface area contributed by atoms with Crippen LogP contribution in [0.4, 0.5) is 0 Å². The van der Waals surface area contributed by atoms with E-state index in [-0.39, 0.29) is 13.4 Å². The van der Waals surface area contributed by atoms with Crippen LogP contribution in [-0.4, -0.2) is 17.8 Å². The van der Waals surface area contributed by atoms with Gasteiger partial charge in [-0.1, -0.05) is 12.1 Å². The normalized spacial score (nSPS) is 10.1. The molecule has 2 aromatic rings. The van der Waals surface area contributed by atoms with Crippen LogP contribution in [0.15, 0.2) is 36.4 Å². The lowest BCUT2D eigenvalue weighted by atomic mass is 10.1. The molecule has 0 bridgehead atoms. The van der Waals surface area contributed by atoms with Gasteiger partial charge < -0.3 is 14.8 Å². The SMILES string of the molecule is OBOc1ccc2cc(O)ccc2c1. The first-order valence-corrected chi connectivity index (χ1v) is 4.26. The van der Waals surface area contributed by atoms with Crippen molar-refractivity contribution in [3.05, 3.63) is 36.4 Å². The Morgan fingerprint density at radius 3 is 2.50 bits per heavy atom. The van der Waals surface area contributed by atoms with E-state index >= 15 is 0 Å². The summed E-state index contributed by atoms with van der Waals surface area (Å²) in [6, 6.07) is 10.5. The third kappa shape index (κ3) is 1.65. The molecule has 0 aromatic heterocycles. The number of fused-ring (bicyclic) bond motifs is 1. The molecule has 2 rings (SSSR count). The largest absolute Gasteiger partial charge is 0.539 e. The summed E-state index contributed by atoms with van der Waals surface area (Å²) < 4.78 is 4.94. The molecule has 14 heavy (non-hydrogen) atoms. The summed E-state index contributed by atoms with van der Waals surface area (Å²) in [6.45, 7) is 0. The molecule has 0 unspecified atom stereocenters. The van der Waals surface area contributed by atoms with Crippen LogP contribution < -0.4 is 4.65 Å². The van der Waals surface area contributed by atoms with Crippen molar-refractivity contribution < 1.29 is 14.8 Å². The van der Waals surface area contributed by atoms with Crippen molar-refractivity contribution in [1.82, 2.24) is 0 Å². The first kappa shape index (κ1) is 8.90. The minimum atomic E-state index is -0.330. The lowest BCUT2D eigenvalue weighted by Crippen LogP contribution is -1.99. The number of benzene rings is 2. The average Bonchev–Trinajstić information content (AvgIpc) is 2.19. The molecule has 0 atom stereocenters. The second kappa shape index (κ2) is 3.60. The van der Waals surface area contributed by atoms with Crippen LogP contribution in [0.2, 0.25) is 0 Å². The van der Waals surface area contributed by atoms with Crippen molar-refractivity contribution in [1.29, 1.82) is 0 Å². The Morgan fingerprint density at radius 1 is 1.00 bits per heavy atom. The molecule has 0 saturated carbocycles. The van der Waals surface area contributed by atoms with Gasteiger partial charge in [-0.05, 0) is 35.0 Å². The first-order valence-electron chi connectivity index (χ1n) is 4.26. The molecule has 0 radical (unpaired) electrons. The van der Waals surface area contributed by atoms with Gasteiger partial charge in [0.05, 0.1) is 0 Å². The fraction of sp³-hybridized carbons (Fsp3) is 0. The molecule has 0 aliphatic heterocycles. The molecule has 2 aromatic carbocycles. The standard InChI is InChI=1S/C10H9BO3/c12-9-3-1-8-6-10(14-11-13)4-2-7(8)5-9/h1-6,11-13H. The Bertz CT molecular complexity index is 456. The highest BCUT2D eigenvalue weighted by molar-refractivity contribution is 6.17. The van der Waals surface area contributed by atoms with Gasteiger partial charge in [0, 0.05) is 0 Å². The maximum Gasteiger partial charge on any atom is 0.504 e. The van der Waals surface area contributed by atoms with Crippen LogP contribution in [0, 0.1) is 0 Å². The molecule has 3 nitrogen and oxygen atoms in total. The maximum atomic E-state index is 9.23. The molecule has 0 aliphatic rings. The number of aromatic hydroxyl groups is 1. The second-order valence-electron chi connectivity index (χ2n) is 2.97. The van der Waals surface area contributed by atoms with Crippen molar-refractivity contribution in [2.24, 2.45) is 0 Å². The average molecular weight is 188 g/mol. The number of hydrogen-bond acceptors (Lipinski definition) is 3. The monoisotopic (exact) mass is 188 g/mol. The van der Waals surface area contributed by atoms with Gasteiger partial charge in [-0.25, -0.2) is 0 Å². The molecule has 70 valence electrons. The summed E-state index contributed by atoms with van der Waals surface area (Å²) in [5.74, 6) is 0.860. The van der Waals surface area contributed by atoms with Gasteiger partial charge in [0.25, 0.3) is 0 Å². The van der Waals surface area contributed by atoms with E-state index in [2.05, 4.69) is 0 Å². The Hall–Kier alpha value is -1.68. The number of rotatable bonds is 2. The minimum Gasteiger partial charge on any atom is -0.539 e. The lowest BCUT2D eigenvalue weighted by molar-refractivity contribution is 0.454. The second-order valence-corrected chi connectivity index (χ2v) is 2.97. The predicted molar refractivity (Wildman–Crippen MR) is 55.6 cm³/mol. The summed E-state index contributed by atoms with van der Waals surface area (Å²) >= 11 is 0. The maximum absolute atomic E-state index is 9.23. The van der Waals surface area contributed by atoms with Crippen molar-refractivity contribution in [3.63, 3.8) is 0 Å². The fourth-order valence-corrected chi connectivity index (χ4v) is 1.38. The molecule has 0 aliphatic carbocycles. The highest BCUT2D eigenvalue weighted by Gasteiger charge is 1.98. The van der Waals surface area contributed by atoms with Gasteiger partial charge in [0.2, 0.25) is 0 Å². The quantitative estimate of drug-likeness (QED) is 0.695. The van der Waals surface area contributed by atoms with Crippen molar-refractivity contribution in [3.8, 4) is 11.5 Å². The summed E-state index contributed by atoms with van der Waals surface area (Å²) in [5.41, 5.74) is 0. The summed E-state index contributed by atoms with van der Waals surface area (Å²) in [4.78, 5) is 0. The van der Waals surface area contributed by atoms with Gasteiger partial charge in [-0.2, -0.15) is 0 Å². The third-order valence-corrected chi connectivity index (χ3v) is 2.03. The Kier molecular flexibility index (Phi) is 2.29. The van der Waals surface area contributed by atoms with Crippen molar-refractivity contribution in [2.75, 3.05) is 0 Å². The van der Waals surface area contributed by atoms with E-state index in [4.69, 9.17) is 9.68 Å². The van der Waals surface area contributed by atoms with Gasteiger partial charge in [-0.15, -0.1) is 0 Å². The van der Waals surface area contributed by atoms with Gasteiger partial charge in [0.1, 0.15) is 11.5 Å². The molecule has 0 fully saturated rings. The van der Waals surface area contributed by atoms with E-state index in [1.807, 2.05) is 12.1 Å². The Labute approximate surface area is 81.9 Å². The first-order chi connectivity index (χ1) is 6.79. The van der Waals surface area contributed by atoms with Crippen molar-refractivity contribution in [2.45, 2.75) is 0 Å². The topological polar surface area (TPSA) is 49.7 Å². The molecule has 0 spiro atoms. The van der Waals surface area contributed by atoms with E-state index < -0.39 is 0 Å². The molecule has 4 heteroatoms. The number of hydrogen-bond donors (Lipinski definition) is 2.